The molecule has 2 aromatic rings. The molecule has 0 heterocycles. The summed E-state index contributed by atoms with van der Waals surface area (Å²) >= 11 is 5.79. The molecule has 5 heteroatoms. The lowest BCUT2D eigenvalue weighted by Gasteiger charge is -2.07. The van der Waals surface area contributed by atoms with Crippen molar-refractivity contribution in [3.05, 3.63) is 64.7 Å². The minimum absolute atomic E-state index is 0.236. The SMILES string of the molecule is CCCCOC(=O)c1ccc(NC(=O)c2ccc(Cl)cc2)cc1. The fourth-order valence-electron chi connectivity index (χ4n) is 1.89. The van der Waals surface area contributed by atoms with E-state index in [1.165, 1.54) is 0 Å². The first-order chi connectivity index (χ1) is 11.1. The van der Waals surface area contributed by atoms with Crippen LogP contribution >= 0.6 is 11.6 Å². The van der Waals surface area contributed by atoms with E-state index in [9.17, 15) is 9.59 Å². The zero-order chi connectivity index (χ0) is 16.7. The van der Waals surface area contributed by atoms with E-state index in [4.69, 9.17) is 16.3 Å². The number of benzene rings is 2. The Kier molecular flexibility index (Phi) is 6.18. The van der Waals surface area contributed by atoms with Gasteiger partial charge in [-0.3, -0.25) is 4.79 Å². The van der Waals surface area contributed by atoms with Gasteiger partial charge in [0.25, 0.3) is 5.91 Å². The molecule has 0 spiro atoms. The minimum Gasteiger partial charge on any atom is -0.462 e. The van der Waals surface area contributed by atoms with Gasteiger partial charge in [0.15, 0.2) is 0 Å². The van der Waals surface area contributed by atoms with E-state index in [1.54, 1.807) is 48.5 Å². The molecule has 0 aliphatic heterocycles. The van der Waals surface area contributed by atoms with Crippen molar-refractivity contribution in [2.45, 2.75) is 19.8 Å². The van der Waals surface area contributed by atoms with Crippen molar-refractivity contribution < 1.29 is 14.3 Å². The van der Waals surface area contributed by atoms with Gasteiger partial charge in [-0.2, -0.15) is 0 Å². The molecule has 1 N–H and O–H groups in total. The van der Waals surface area contributed by atoms with Crippen LogP contribution in [0.15, 0.2) is 48.5 Å². The van der Waals surface area contributed by atoms with Crippen LogP contribution in [0, 0.1) is 0 Å². The van der Waals surface area contributed by atoms with E-state index in [1.807, 2.05) is 6.92 Å². The number of unbranched alkanes of at least 4 members (excludes halogenated alkanes) is 1. The monoisotopic (exact) mass is 331 g/mol. The van der Waals surface area contributed by atoms with Gasteiger partial charge in [0.05, 0.1) is 12.2 Å². The Labute approximate surface area is 140 Å². The van der Waals surface area contributed by atoms with Crippen LogP contribution < -0.4 is 5.32 Å². The van der Waals surface area contributed by atoms with Crippen LogP contribution in [-0.4, -0.2) is 18.5 Å². The van der Waals surface area contributed by atoms with Crippen LogP contribution in [0.1, 0.15) is 40.5 Å². The third-order valence-corrected chi connectivity index (χ3v) is 3.47. The Bertz CT molecular complexity index is 666. The summed E-state index contributed by atoms with van der Waals surface area (Å²) in [5.41, 5.74) is 1.58. The van der Waals surface area contributed by atoms with Gasteiger partial charge in [0, 0.05) is 16.3 Å². The van der Waals surface area contributed by atoms with Crippen molar-refractivity contribution in [1.82, 2.24) is 0 Å². The van der Waals surface area contributed by atoms with Crippen LogP contribution in [0.2, 0.25) is 5.02 Å². The molecule has 120 valence electrons. The summed E-state index contributed by atoms with van der Waals surface area (Å²) in [5, 5.41) is 3.34. The zero-order valence-electron chi connectivity index (χ0n) is 12.8. The third kappa shape index (κ3) is 5.11. The molecule has 0 aliphatic rings. The van der Waals surface area contributed by atoms with Crippen molar-refractivity contribution >= 4 is 29.2 Å². The number of anilines is 1. The van der Waals surface area contributed by atoms with Crippen LogP contribution in [0.4, 0.5) is 5.69 Å². The maximum Gasteiger partial charge on any atom is 0.338 e. The number of hydrogen-bond donors (Lipinski definition) is 1. The number of hydrogen-bond acceptors (Lipinski definition) is 3. The lowest BCUT2D eigenvalue weighted by Crippen LogP contribution is -2.12. The van der Waals surface area contributed by atoms with Crippen molar-refractivity contribution in [3.63, 3.8) is 0 Å². The maximum atomic E-state index is 12.1. The largest absolute Gasteiger partial charge is 0.462 e. The third-order valence-electron chi connectivity index (χ3n) is 3.22. The second-order valence-corrected chi connectivity index (χ2v) is 5.46. The van der Waals surface area contributed by atoms with Gasteiger partial charge in [-0.1, -0.05) is 24.9 Å². The molecule has 0 saturated heterocycles. The van der Waals surface area contributed by atoms with Crippen LogP contribution in [0.5, 0.6) is 0 Å². The number of amides is 1. The molecule has 2 rings (SSSR count). The van der Waals surface area contributed by atoms with Crippen LogP contribution in [0.25, 0.3) is 0 Å². The molecule has 23 heavy (non-hydrogen) atoms. The summed E-state index contributed by atoms with van der Waals surface area (Å²) in [6.45, 7) is 2.45. The highest BCUT2D eigenvalue weighted by Crippen LogP contribution is 2.14. The second-order valence-electron chi connectivity index (χ2n) is 5.03. The zero-order valence-corrected chi connectivity index (χ0v) is 13.6. The Morgan fingerprint density at radius 3 is 2.22 bits per heavy atom. The average Bonchev–Trinajstić information content (AvgIpc) is 2.56. The Hall–Kier alpha value is -2.33. The highest BCUT2D eigenvalue weighted by molar-refractivity contribution is 6.30. The Morgan fingerprint density at radius 2 is 1.61 bits per heavy atom. The van der Waals surface area contributed by atoms with Crippen molar-refractivity contribution in [2.75, 3.05) is 11.9 Å². The van der Waals surface area contributed by atoms with Crippen LogP contribution in [0.3, 0.4) is 0 Å². The lowest BCUT2D eigenvalue weighted by atomic mass is 10.2. The predicted octanol–water partition coefficient (Wildman–Crippen LogP) is 4.55. The van der Waals surface area contributed by atoms with Gasteiger partial charge >= 0.3 is 5.97 Å². The van der Waals surface area contributed by atoms with Gasteiger partial charge in [-0.15, -0.1) is 0 Å². The predicted molar refractivity (Wildman–Crippen MR) is 91.0 cm³/mol. The number of nitrogens with one attached hydrogen (secondary N) is 1. The van der Waals surface area contributed by atoms with Gasteiger partial charge in [-0.25, -0.2) is 4.79 Å². The fourth-order valence-corrected chi connectivity index (χ4v) is 2.01. The molecule has 0 saturated carbocycles. The van der Waals surface area contributed by atoms with E-state index < -0.39 is 0 Å². The summed E-state index contributed by atoms with van der Waals surface area (Å²) in [4.78, 5) is 23.9. The van der Waals surface area contributed by atoms with E-state index in [2.05, 4.69) is 5.32 Å². The number of rotatable bonds is 6. The van der Waals surface area contributed by atoms with Crippen molar-refractivity contribution in [2.24, 2.45) is 0 Å². The summed E-state index contributed by atoms with van der Waals surface area (Å²) in [5.74, 6) is -0.589. The minimum atomic E-state index is -0.353. The molecule has 0 fully saturated rings. The van der Waals surface area contributed by atoms with Crippen LogP contribution in [-0.2, 0) is 4.74 Å². The standard InChI is InChI=1S/C18H18ClNO3/c1-2-3-12-23-18(22)14-6-10-16(11-7-14)20-17(21)13-4-8-15(19)9-5-13/h4-11H,2-3,12H2,1H3,(H,20,21). The maximum absolute atomic E-state index is 12.1. The molecular formula is C18H18ClNO3. The van der Waals surface area contributed by atoms with Crippen molar-refractivity contribution in [3.8, 4) is 0 Å². The molecule has 0 atom stereocenters. The van der Waals surface area contributed by atoms with Gasteiger partial charge < -0.3 is 10.1 Å². The van der Waals surface area contributed by atoms with Gasteiger partial charge in [0.1, 0.15) is 0 Å². The van der Waals surface area contributed by atoms with E-state index in [0.29, 0.717) is 28.4 Å². The van der Waals surface area contributed by atoms with E-state index >= 15 is 0 Å². The highest BCUT2D eigenvalue weighted by Gasteiger charge is 2.09. The quantitative estimate of drug-likeness (QED) is 0.624. The molecule has 4 nitrogen and oxygen atoms in total. The summed E-state index contributed by atoms with van der Waals surface area (Å²) < 4.78 is 5.13. The van der Waals surface area contributed by atoms with E-state index in [0.717, 1.165) is 12.8 Å². The average molecular weight is 332 g/mol. The Morgan fingerprint density at radius 1 is 1.00 bits per heavy atom. The molecule has 1 amide bonds. The number of ether oxygens (including phenoxy) is 1. The number of esters is 1. The highest BCUT2D eigenvalue weighted by atomic mass is 35.5. The lowest BCUT2D eigenvalue weighted by molar-refractivity contribution is 0.0499. The van der Waals surface area contributed by atoms with Crippen molar-refractivity contribution in [1.29, 1.82) is 0 Å². The smallest absolute Gasteiger partial charge is 0.338 e. The van der Waals surface area contributed by atoms with E-state index in [-0.39, 0.29) is 11.9 Å². The molecule has 0 bridgehead atoms. The molecule has 2 aromatic carbocycles. The number of carbonyl (C=O) groups excluding carboxylic acids is 2. The first-order valence-electron chi connectivity index (χ1n) is 7.44. The molecular weight excluding hydrogens is 314 g/mol. The van der Waals surface area contributed by atoms with Gasteiger partial charge in [-0.05, 0) is 55.0 Å². The number of carbonyl (C=O) groups is 2. The molecule has 0 unspecified atom stereocenters. The first kappa shape index (κ1) is 17.0. The molecule has 0 radical (unpaired) electrons. The topological polar surface area (TPSA) is 55.4 Å². The molecule has 0 aliphatic carbocycles. The normalized spacial score (nSPS) is 10.2. The second kappa shape index (κ2) is 8.34. The first-order valence-corrected chi connectivity index (χ1v) is 7.82. The molecule has 0 aromatic heterocycles. The summed E-state index contributed by atoms with van der Waals surface area (Å²) in [7, 11) is 0. The summed E-state index contributed by atoms with van der Waals surface area (Å²) in [6.07, 6.45) is 1.82. The number of halogens is 1. The summed E-state index contributed by atoms with van der Waals surface area (Å²) in [6, 6.07) is 13.2. The van der Waals surface area contributed by atoms with Gasteiger partial charge in [0.2, 0.25) is 0 Å². The fraction of sp³-hybridized carbons (Fsp3) is 0.222. The Balaban J connectivity index is 1.95.